The first kappa shape index (κ1) is 21.1. The molecule has 4 N–H and O–H groups in total. The van der Waals surface area contributed by atoms with Crippen molar-refractivity contribution in [3.05, 3.63) is 47.2 Å². The summed E-state index contributed by atoms with van der Waals surface area (Å²) < 4.78 is 5.89. The Balaban J connectivity index is 1.35. The summed E-state index contributed by atoms with van der Waals surface area (Å²) in [6.07, 6.45) is -1.84. The number of para-hydroxylation sites is 1. The minimum Gasteiger partial charge on any atom is -0.394 e. The van der Waals surface area contributed by atoms with Crippen molar-refractivity contribution in [1.82, 2.24) is 10.2 Å². The summed E-state index contributed by atoms with van der Waals surface area (Å²) in [5.41, 5.74) is 1.93. The van der Waals surface area contributed by atoms with Gasteiger partial charge in [-0.1, -0.05) is 18.2 Å². The molecule has 0 spiro atoms. The molecule has 0 radical (unpaired) electrons. The molecule has 2 fully saturated rings. The van der Waals surface area contributed by atoms with Crippen molar-refractivity contribution in [3.8, 4) is 0 Å². The zero-order chi connectivity index (χ0) is 20.9. The van der Waals surface area contributed by atoms with Crippen LogP contribution >= 0.6 is 11.3 Å². The predicted octanol–water partition coefficient (Wildman–Crippen LogP) is 1.18. The predicted molar refractivity (Wildman–Crippen MR) is 117 cm³/mol. The monoisotopic (exact) mass is 432 g/mol. The van der Waals surface area contributed by atoms with Gasteiger partial charge in [-0.05, 0) is 23.6 Å². The average Bonchev–Trinajstić information content (AvgIpc) is 3.40. The number of thiophene rings is 1. The van der Waals surface area contributed by atoms with Crippen molar-refractivity contribution in [2.75, 3.05) is 49.5 Å². The molecule has 2 aliphatic heterocycles. The van der Waals surface area contributed by atoms with Crippen LogP contribution in [0.15, 0.2) is 47.2 Å². The maximum absolute atomic E-state index is 12.2. The fourth-order valence-electron chi connectivity index (χ4n) is 4.22. The number of nitrogens with zero attached hydrogens (tertiary/aromatic N) is 2. The summed E-state index contributed by atoms with van der Waals surface area (Å²) in [5, 5.41) is 29.7. The van der Waals surface area contributed by atoms with Crippen LogP contribution in [0.1, 0.15) is 0 Å². The fourth-order valence-corrected chi connectivity index (χ4v) is 4.81. The van der Waals surface area contributed by atoms with E-state index in [1.54, 1.807) is 0 Å². The third-order valence-corrected chi connectivity index (χ3v) is 6.42. The number of hydrogen-bond acceptors (Lipinski definition) is 7. The number of benzene rings is 1. The standard InChI is InChI=1S/C21H28N4O4S/c26-13-18-20(27)19(17(29-18)12-22-21(28)23-15-6-11-30-14-15)25-9-7-24(8-10-25)16-4-2-1-3-5-16/h1-6,11,14,17-20,26-27H,7-10,12-13H2,(H2,22,23,28)/t17-,18+,19-,20-/m1/s1. The molecular weight excluding hydrogens is 404 g/mol. The number of amides is 2. The summed E-state index contributed by atoms with van der Waals surface area (Å²) in [5.74, 6) is 0. The molecule has 4 rings (SSSR count). The third-order valence-electron chi connectivity index (χ3n) is 5.74. The summed E-state index contributed by atoms with van der Waals surface area (Å²) in [6, 6.07) is 11.5. The van der Waals surface area contributed by atoms with Gasteiger partial charge in [0.15, 0.2) is 0 Å². The van der Waals surface area contributed by atoms with E-state index >= 15 is 0 Å². The van der Waals surface area contributed by atoms with E-state index in [1.165, 1.54) is 17.0 Å². The number of ether oxygens (including phenoxy) is 1. The molecule has 4 atom stereocenters. The van der Waals surface area contributed by atoms with Gasteiger partial charge in [0.1, 0.15) is 12.2 Å². The third kappa shape index (κ3) is 4.76. The first-order chi connectivity index (χ1) is 14.7. The van der Waals surface area contributed by atoms with Gasteiger partial charge in [-0.25, -0.2) is 4.79 Å². The Labute approximate surface area is 180 Å². The molecule has 1 aromatic heterocycles. The zero-order valence-electron chi connectivity index (χ0n) is 16.7. The maximum Gasteiger partial charge on any atom is 0.319 e. The molecule has 2 saturated heterocycles. The van der Waals surface area contributed by atoms with Crippen molar-refractivity contribution in [3.63, 3.8) is 0 Å². The van der Waals surface area contributed by atoms with Crippen molar-refractivity contribution < 1.29 is 19.7 Å². The summed E-state index contributed by atoms with van der Waals surface area (Å²) in [6.45, 7) is 3.24. The second-order valence-corrected chi connectivity index (χ2v) is 8.36. The Kier molecular flexibility index (Phi) is 6.86. The van der Waals surface area contributed by atoms with E-state index in [0.29, 0.717) is 0 Å². The van der Waals surface area contributed by atoms with E-state index in [-0.39, 0.29) is 25.2 Å². The second-order valence-electron chi connectivity index (χ2n) is 7.58. The van der Waals surface area contributed by atoms with E-state index in [2.05, 4.69) is 32.6 Å². The van der Waals surface area contributed by atoms with Gasteiger partial charge in [0.2, 0.25) is 0 Å². The first-order valence-corrected chi connectivity index (χ1v) is 11.2. The van der Waals surface area contributed by atoms with E-state index < -0.39 is 18.3 Å². The van der Waals surface area contributed by atoms with E-state index in [0.717, 1.165) is 31.9 Å². The molecule has 1 aromatic carbocycles. The molecule has 0 bridgehead atoms. The highest BCUT2D eigenvalue weighted by Crippen LogP contribution is 2.27. The van der Waals surface area contributed by atoms with Crippen LogP contribution in [-0.2, 0) is 4.74 Å². The van der Waals surface area contributed by atoms with Crippen LogP contribution in [0.3, 0.4) is 0 Å². The van der Waals surface area contributed by atoms with Crippen LogP contribution in [0.2, 0.25) is 0 Å². The molecule has 2 aromatic rings. The van der Waals surface area contributed by atoms with E-state index in [9.17, 15) is 15.0 Å². The molecule has 8 nitrogen and oxygen atoms in total. The molecule has 162 valence electrons. The normalized spacial score (nSPS) is 27.2. The first-order valence-electron chi connectivity index (χ1n) is 10.2. The Hall–Kier alpha value is -2.17. The van der Waals surface area contributed by atoms with Crippen molar-refractivity contribution in [2.45, 2.75) is 24.4 Å². The number of hydrogen-bond donors (Lipinski definition) is 4. The highest BCUT2D eigenvalue weighted by molar-refractivity contribution is 7.08. The van der Waals surface area contributed by atoms with Gasteiger partial charge in [0.25, 0.3) is 0 Å². The minimum atomic E-state index is -0.801. The van der Waals surface area contributed by atoms with Crippen LogP contribution in [0.5, 0.6) is 0 Å². The Bertz CT molecular complexity index is 799. The SMILES string of the molecule is O=C(NC[C@H]1O[C@@H](CO)[C@@H](O)[C@@H]1N1CCN(c2ccccc2)CC1)Nc1ccsc1. The number of carbonyl (C=O) groups excluding carboxylic acids is 1. The van der Waals surface area contributed by atoms with Gasteiger partial charge in [-0.3, -0.25) is 4.90 Å². The number of urea groups is 1. The highest BCUT2D eigenvalue weighted by atomic mass is 32.1. The van der Waals surface area contributed by atoms with Crippen LogP contribution in [0, 0.1) is 0 Å². The summed E-state index contributed by atoms with van der Waals surface area (Å²) in [7, 11) is 0. The number of piperazine rings is 1. The van der Waals surface area contributed by atoms with Crippen molar-refractivity contribution in [1.29, 1.82) is 0 Å². The van der Waals surface area contributed by atoms with Gasteiger partial charge >= 0.3 is 6.03 Å². The van der Waals surface area contributed by atoms with Crippen molar-refractivity contribution >= 4 is 28.7 Å². The maximum atomic E-state index is 12.2. The van der Waals surface area contributed by atoms with Gasteiger partial charge in [-0.2, -0.15) is 11.3 Å². The molecule has 0 aliphatic carbocycles. The van der Waals surface area contributed by atoms with Gasteiger partial charge < -0.3 is 30.5 Å². The molecular formula is C21H28N4O4S. The molecule has 2 aliphatic rings. The molecule has 0 saturated carbocycles. The molecule has 2 amide bonds. The summed E-state index contributed by atoms with van der Waals surface area (Å²) >= 11 is 1.51. The average molecular weight is 433 g/mol. The number of rotatable bonds is 6. The largest absolute Gasteiger partial charge is 0.394 e. The Morgan fingerprint density at radius 1 is 1.13 bits per heavy atom. The summed E-state index contributed by atoms with van der Waals surface area (Å²) in [4.78, 5) is 16.7. The molecule has 9 heteroatoms. The zero-order valence-corrected chi connectivity index (χ0v) is 17.5. The molecule has 3 heterocycles. The van der Waals surface area contributed by atoms with E-state index in [4.69, 9.17) is 4.74 Å². The number of nitrogens with one attached hydrogen (secondary N) is 2. The van der Waals surface area contributed by atoms with Gasteiger partial charge in [0, 0.05) is 43.8 Å². The molecule has 0 unspecified atom stereocenters. The minimum absolute atomic E-state index is 0.251. The smallest absolute Gasteiger partial charge is 0.319 e. The van der Waals surface area contributed by atoms with Crippen LogP contribution in [0.25, 0.3) is 0 Å². The number of carbonyl (C=O) groups is 1. The number of aliphatic hydroxyl groups excluding tert-OH is 2. The highest BCUT2D eigenvalue weighted by Gasteiger charge is 2.46. The lowest BCUT2D eigenvalue weighted by Gasteiger charge is -2.41. The lowest BCUT2D eigenvalue weighted by molar-refractivity contribution is -0.0205. The fraction of sp³-hybridized carbons (Fsp3) is 0.476. The van der Waals surface area contributed by atoms with Gasteiger partial charge in [-0.15, -0.1) is 0 Å². The quantitative estimate of drug-likeness (QED) is 0.547. The number of aliphatic hydroxyl groups is 2. The Morgan fingerprint density at radius 3 is 2.57 bits per heavy atom. The molecule has 30 heavy (non-hydrogen) atoms. The Morgan fingerprint density at radius 2 is 1.90 bits per heavy atom. The van der Waals surface area contributed by atoms with Crippen molar-refractivity contribution in [2.24, 2.45) is 0 Å². The van der Waals surface area contributed by atoms with Crippen LogP contribution in [0.4, 0.5) is 16.2 Å². The number of anilines is 2. The lowest BCUT2D eigenvalue weighted by Crippen LogP contribution is -2.57. The van der Waals surface area contributed by atoms with Crippen LogP contribution < -0.4 is 15.5 Å². The second kappa shape index (κ2) is 9.76. The van der Waals surface area contributed by atoms with E-state index in [1.807, 2.05) is 35.0 Å². The topological polar surface area (TPSA) is 97.3 Å². The lowest BCUT2D eigenvalue weighted by atomic mass is 10.0. The van der Waals surface area contributed by atoms with Gasteiger partial charge in [0.05, 0.1) is 24.4 Å². The van der Waals surface area contributed by atoms with Crippen LogP contribution in [-0.4, -0.2) is 84.8 Å².